The maximum Gasteiger partial charge on any atom is 0.236 e. The van der Waals surface area contributed by atoms with Crippen LogP contribution >= 0.6 is 0 Å². The molecule has 4 nitrogen and oxygen atoms in total. The van der Waals surface area contributed by atoms with Gasteiger partial charge in [-0.25, -0.2) is 0 Å². The molecule has 0 heterocycles. The summed E-state index contributed by atoms with van der Waals surface area (Å²) < 4.78 is 5.39. The molecule has 4 heteroatoms. The summed E-state index contributed by atoms with van der Waals surface area (Å²) in [4.78, 5) is 11.9. The second-order valence-electron chi connectivity index (χ2n) is 4.88. The van der Waals surface area contributed by atoms with E-state index in [4.69, 9.17) is 4.74 Å². The zero-order valence-corrected chi connectivity index (χ0v) is 12.9. The van der Waals surface area contributed by atoms with Gasteiger partial charge in [0.05, 0.1) is 13.2 Å². The molecule has 112 valence electrons. The van der Waals surface area contributed by atoms with Crippen molar-refractivity contribution in [3.8, 4) is 5.75 Å². The Morgan fingerprint density at radius 1 is 1.30 bits per heavy atom. The quantitative estimate of drug-likeness (QED) is 0.768. The highest BCUT2D eigenvalue weighted by atomic mass is 16.5. The number of nitrogens with one attached hydrogen (secondary N) is 2. The van der Waals surface area contributed by atoms with Crippen molar-refractivity contribution in [3.63, 3.8) is 0 Å². The van der Waals surface area contributed by atoms with Crippen molar-refractivity contribution in [2.45, 2.75) is 45.7 Å². The van der Waals surface area contributed by atoms with Crippen LogP contribution in [0.3, 0.4) is 0 Å². The molecule has 2 N–H and O–H groups in total. The highest BCUT2D eigenvalue weighted by molar-refractivity contribution is 5.81. The van der Waals surface area contributed by atoms with E-state index in [1.807, 2.05) is 38.1 Å². The van der Waals surface area contributed by atoms with Crippen LogP contribution in [0.1, 0.15) is 45.2 Å². The van der Waals surface area contributed by atoms with E-state index in [0.717, 1.165) is 30.7 Å². The smallest absolute Gasteiger partial charge is 0.236 e. The monoisotopic (exact) mass is 278 g/mol. The third kappa shape index (κ3) is 4.53. The molecule has 0 spiro atoms. The first-order chi connectivity index (χ1) is 9.63. The van der Waals surface area contributed by atoms with Crippen LogP contribution in [0.5, 0.6) is 5.75 Å². The Balaban J connectivity index is 2.73. The van der Waals surface area contributed by atoms with Crippen molar-refractivity contribution in [2.24, 2.45) is 0 Å². The SMILES string of the molecule is CCCNC(=O)C(C)NC(CC)c1ccccc1OC. The third-order valence-electron chi connectivity index (χ3n) is 3.32. The van der Waals surface area contributed by atoms with Crippen LogP contribution in [-0.4, -0.2) is 25.6 Å². The summed E-state index contributed by atoms with van der Waals surface area (Å²) in [6, 6.07) is 7.80. The summed E-state index contributed by atoms with van der Waals surface area (Å²) in [6.07, 6.45) is 1.84. The van der Waals surface area contributed by atoms with Crippen LogP contribution in [0.15, 0.2) is 24.3 Å². The van der Waals surface area contributed by atoms with Gasteiger partial charge in [0.2, 0.25) is 5.91 Å². The second-order valence-corrected chi connectivity index (χ2v) is 4.88. The Hall–Kier alpha value is -1.55. The van der Waals surface area contributed by atoms with Gasteiger partial charge in [-0.15, -0.1) is 0 Å². The number of methoxy groups -OCH3 is 1. The van der Waals surface area contributed by atoms with Crippen LogP contribution in [0.2, 0.25) is 0 Å². The van der Waals surface area contributed by atoms with Gasteiger partial charge >= 0.3 is 0 Å². The Morgan fingerprint density at radius 3 is 2.60 bits per heavy atom. The first kappa shape index (κ1) is 16.5. The lowest BCUT2D eigenvalue weighted by atomic mass is 10.0. The molecule has 2 atom stereocenters. The molecule has 0 aliphatic carbocycles. The molecular weight excluding hydrogens is 252 g/mol. The first-order valence-electron chi connectivity index (χ1n) is 7.30. The number of ether oxygens (including phenoxy) is 1. The standard InChI is InChI=1S/C16H26N2O2/c1-5-11-17-16(19)12(3)18-14(6-2)13-9-7-8-10-15(13)20-4/h7-10,12,14,18H,5-6,11H2,1-4H3,(H,17,19). The number of benzene rings is 1. The van der Waals surface area contributed by atoms with Gasteiger partial charge in [-0.1, -0.05) is 32.0 Å². The largest absolute Gasteiger partial charge is 0.496 e. The number of carbonyl (C=O) groups excluding carboxylic acids is 1. The van der Waals surface area contributed by atoms with Crippen molar-refractivity contribution in [3.05, 3.63) is 29.8 Å². The number of para-hydroxylation sites is 1. The number of hydrogen-bond donors (Lipinski definition) is 2. The number of amides is 1. The summed E-state index contributed by atoms with van der Waals surface area (Å²) >= 11 is 0. The van der Waals surface area contributed by atoms with Gasteiger partial charge in [-0.3, -0.25) is 10.1 Å². The fourth-order valence-corrected chi connectivity index (χ4v) is 2.16. The lowest BCUT2D eigenvalue weighted by Gasteiger charge is -2.23. The zero-order chi connectivity index (χ0) is 15.0. The molecule has 1 amide bonds. The van der Waals surface area contributed by atoms with E-state index in [1.54, 1.807) is 7.11 Å². The summed E-state index contributed by atoms with van der Waals surface area (Å²) in [5.74, 6) is 0.896. The minimum absolute atomic E-state index is 0.0418. The topological polar surface area (TPSA) is 50.4 Å². The predicted molar refractivity (Wildman–Crippen MR) is 81.9 cm³/mol. The van der Waals surface area contributed by atoms with Gasteiger partial charge in [0.1, 0.15) is 5.75 Å². The molecule has 0 aliphatic heterocycles. The molecule has 0 aromatic heterocycles. The van der Waals surface area contributed by atoms with Gasteiger partial charge in [-0.2, -0.15) is 0 Å². The summed E-state index contributed by atoms with van der Waals surface area (Å²) in [5.41, 5.74) is 1.09. The van der Waals surface area contributed by atoms with E-state index in [-0.39, 0.29) is 18.0 Å². The van der Waals surface area contributed by atoms with Crippen molar-refractivity contribution in [1.82, 2.24) is 10.6 Å². The highest BCUT2D eigenvalue weighted by Crippen LogP contribution is 2.27. The maximum absolute atomic E-state index is 11.9. The van der Waals surface area contributed by atoms with Crippen LogP contribution in [0.4, 0.5) is 0 Å². The highest BCUT2D eigenvalue weighted by Gasteiger charge is 2.19. The fourth-order valence-electron chi connectivity index (χ4n) is 2.16. The Kier molecular flexibility index (Phi) is 7.09. The molecule has 0 fully saturated rings. The molecular formula is C16H26N2O2. The molecule has 1 aromatic carbocycles. The Labute approximate surface area is 121 Å². The predicted octanol–water partition coefficient (Wildman–Crippen LogP) is 2.65. The van der Waals surface area contributed by atoms with Crippen molar-refractivity contribution < 1.29 is 9.53 Å². The van der Waals surface area contributed by atoms with Crippen LogP contribution < -0.4 is 15.4 Å². The van der Waals surface area contributed by atoms with E-state index < -0.39 is 0 Å². The van der Waals surface area contributed by atoms with Crippen LogP contribution in [-0.2, 0) is 4.79 Å². The Morgan fingerprint density at radius 2 is 2.00 bits per heavy atom. The first-order valence-corrected chi connectivity index (χ1v) is 7.30. The van der Waals surface area contributed by atoms with Gasteiger partial charge in [0.25, 0.3) is 0 Å². The van der Waals surface area contributed by atoms with Crippen molar-refractivity contribution in [2.75, 3.05) is 13.7 Å². The number of rotatable bonds is 8. The molecule has 0 bridgehead atoms. The fraction of sp³-hybridized carbons (Fsp3) is 0.562. The van der Waals surface area contributed by atoms with Gasteiger partial charge in [-0.05, 0) is 25.8 Å². The molecule has 1 rings (SSSR count). The maximum atomic E-state index is 11.9. The van der Waals surface area contributed by atoms with Gasteiger partial charge < -0.3 is 10.1 Å². The van der Waals surface area contributed by atoms with Gasteiger partial charge in [0, 0.05) is 18.2 Å². The molecule has 0 saturated heterocycles. The van der Waals surface area contributed by atoms with E-state index in [0.29, 0.717) is 0 Å². The zero-order valence-electron chi connectivity index (χ0n) is 12.9. The van der Waals surface area contributed by atoms with E-state index in [2.05, 4.69) is 17.6 Å². The molecule has 0 radical (unpaired) electrons. The van der Waals surface area contributed by atoms with E-state index in [1.165, 1.54) is 0 Å². The molecule has 20 heavy (non-hydrogen) atoms. The van der Waals surface area contributed by atoms with E-state index >= 15 is 0 Å². The van der Waals surface area contributed by atoms with Crippen LogP contribution in [0, 0.1) is 0 Å². The molecule has 2 unspecified atom stereocenters. The summed E-state index contributed by atoms with van der Waals surface area (Å²) in [6.45, 7) is 6.75. The molecule has 0 aliphatic rings. The minimum atomic E-state index is -0.226. The third-order valence-corrected chi connectivity index (χ3v) is 3.32. The average Bonchev–Trinajstić information content (AvgIpc) is 2.49. The van der Waals surface area contributed by atoms with Crippen molar-refractivity contribution in [1.29, 1.82) is 0 Å². The van der Waals surface area contributed by atoms with E-state index in [9.17, 15) is 4.79 Å². The number of carbonyl (C=O) groups is 1. The lowest BCUT2D eigenvalue weighted by molar-refractivity contribution is -0.122. The minimum Gasteiger partial charge on any atom is -0.496 e. The second kappa shape index (κ2) is 8.59. The summed E-state index contributed by atoms with van der Waals surface area (Å²) in [5, 5.41) is 6.28. The van der Waals surface area contributed by atoms with Crippen molar-refractivity contribution >= 4 is 5.91 Å². The molecule has 1 aromatic rings. The molecule has 0 saturated carbocycles. The van der Waals surface area contributed by atoms with Gasteiger partial charge in [0.15, 0.2) is 0 Å². The summed E-state index contributed by atoms with van der Waals surface area (Å²) in [7, 11) is 1.67. The van der Waals surface area contributed by atoms with Crippen LogP contribution in [0.25, 0.3) is 0 Å². The normalized spacial score (nSPS) is 13.6. The average molecular weight is 278 g/mol. The lowest BCUT2D eigenvalue weighted by Crippen LogP contribution is -2.43. The number of hydrogen-bond acceptors (Lipinski definition) is 3. The Bertz CT molecular complexity index is 421.